The molecule has 2 aliphatic rings. The lowest BCUT2D eigenvalue weighted by Crippen LogP contribution is -2.61. The van der Waals surface area contributed by atoms with Gasteiger partial charge in [0.1, 0.15) is 55.4 Å². The molecule has 2 heterocycles. The van der Waals surface area contributed by atoms with Crippen LogP contribution in [0.1, 0.15) is 155 Å². The fourth-order valence-electron chi connectivity index (χ4n) is 7.43. The van der Waals surface area contributed by atoms with Gasteiger partial charge in [-0.05, 0) is 51.4 Å². The molecule has 0 aromatic carbocycles. The van der Waals surface area contributed by atoms with Gasteiger partial charge in [0.25, 0.3) is 0 Å². The first-order chi connectivity index (χ1) is 32.0. The van der Waals surface area contributed by atoms with Gasteiger partial charge in [-0.25, -0.2) is 0 Å². The van der Waals surface area contributed by atoms with Gasteiger partial charge in [0.2, 0.25) is 0 Å². The van der Waals surface area contributed by atoms with E-state index >= 15 is 0 Å². The molecule has 2 fully saturated rings. The molecule has 66 heavy (non-hydrogen) atoms. The van der Waals surface area contributed by atoms with Gasteiger partial charge in [0.05, 0.1) is 19.8 Å². The molecule has 4 unspecified atom stereocenters. The summed E-state index contributed by atoms with van der Waals surface area (Å²) < 4.78 is 33.5. The van der Waals surface area contributed by atoms with Crippen molar-refractivity contribution in [2.75, 3.05) is 26.4 Å². The van der Waals surface area contributed by atoms with E-state index in [-0.39, 0.29) is 19.4 Å². The Morgan fingerprint density at radius 3 is 1.48 bits per heavy atom. The zero-order chi connectivity index (χ0) is 48.2. The van der Waals surface area contributed by atoms with Crippen molar-refractivity contribution in [3.63, 3.8) is 0 Å². The quantitative estimate of drug-likeness (QED) is 0.0201. The monoisotopic (exact) mass is 939 g/mol. The van der Waals surface area contributed by atoms with Gasteiger partial charge in [0.15, 0.2) is 18.7 Å². The Morgan fingerprint density at radius 1 is 0.500 bits per heavy atom. The smallest absolute Gasteiger partial charge is 0.306 e. The van der Waals surface area contributed by atoms with E-state index in [2.05, 4.69) is 62.5 Å². The van der Waals surface area contributed by atoms with Crippen LogP contribution >= 0.6 is 0 Å². The van der Waals surface area contributed by atoms with Gasteiger partial charge < -0.3 is 64.2 Å². The first-order valence-corrected chi connectivity index (χ1v) is 24.9. The fourth-order valence-corrected chi connectivity index (χ4v) is 7.43. The van der Waals surface area contributed by atoms with Gasteiger partial charge in [-0.1, -0.05) is 152 Å². The van der Waals surface area contributed by atoms with Crippen molar-refractivity contribution in [3.8, 4) is 0 Å². The Balaban J connectivity index is 1.85. The Kier molecular flexibility index (Phi) is 34.2. The standard InChI is InChI=1S/C51H86O15/c1-3-5-7-9-11-13-15-17-18-19-20-22-23-25-27-29-31-33-42(53)61-36-39(64-43(54)34-32-30-28-26-24-21-16-14-12-10-8-6-4-2)37-62-50-49(60)47(58)45(56)41(66-50)38-63-51-48(59)46(57)44(55)40(35-52)65-51/h5,7,11,13,17-18,20,22,25,27,39-41,44-52,55-60H,3-4,6,8-10,12,14-16,19,21,23-24,26,28-38H2,1-2H3/b7-5+,13-11+,18-17+,22-20+,27-25+/t39-,40+,41+,44-,45-,46?,47?,48?,49?,50+,51+/m0/s1. The highest BCUT2D eigenvalue weighted by Crippen LogP contribution is 2.26. The number of aliphatic hydroxyl groups is 7. The number of allylic oxidation sites excluding steroid dienone is 10. The van der Waals surface area contributed by atoms with Crippen LogP contribution < -0.4 is 0 Å². The van der Waals surface area contributed by atoms with Gasteiger partial charge in [-0.2, -0.15) is 0 Å². The topological polar surface area (TPSA) is 231 Å². The molecule has 2 aliphatic heterocycles. The molecule has 7 N–H and O–H groups in total. The SMILES string of the molecule is CC/C=C/C/C=C/C/C=C/C/C=C/C/C=C/CCCC(=O)OC[C@@H](CO[C@@H]1O[C@H](CO[C@@H]2O[C@H](CO)[C@H](O)C(O)C2O)[C@H](O)C(O)C1O)OC(=O)CCCCCCCCCCCCCCC. The summed E-state index contributed by atoms with van der Waals surface area (Å²) in [6.45, 7) is 2.40. The van der Waals surface area contributed by atoms with Gasteiger partial charge >= 0.3 is 11.9 Å². The third-order valence-corrected chi connectivity index (χ3v) is 11.5. The van der Waals surface area contributed by atoms with E-state index in [1.807, 2.05) is 12.2 Å². The lowest BCUT2D eigenvalue weighted by Gasteiger charge is -2.42. The third-order valence-electron chi connectivity index (χ3n) is 11.5. The van der Waals surface area contributed by atoms with E-state index < -0.39 is 99.3 Å². The van der Waals surface area contributed by atoms with Crippen molar-refractivity contribution in [1.29, 1.82) is 0 Å². The molecule has 0 aromatic heterocycles. The highest BCUT2D eigenvalue weighted by molar-refractivity contribution is 5.70. The third kappa shape index (κ3) is 26.1. The molecule has 0 amide bonds. The van der Waals surface area contributed by atoms with Crippen molar-refractivity contribution in [3.05, 3.63) is 60.8 Å². The zero-order valence-corrected chi connectivity index (χ0v) is 39.9. The van der Waals surface area contributed by atoms with Gasteiger partial charge in [0, 0.05) is 12.8 Å². The summed E-state index contributed by atoms with van der Waals surface area (Å²) in [6, 6.07) is 0. The van der Waals surface area contributed by atoms with E-state index in [1.54, 1.807) is 0 Å². The summed E-state index contributed by atoms with van der Waals surface area (Å²) in [5.41, 5.74) is 0. The Hall–Kier alpha value is -2.80. The molecular weight excluding hydrogens is 853 g/mol. The highest BCUT2D eigenvalue weighted by Gasteiger charge is 2.47. The zero-order valence-electron chi connectivity index (χ0n) is 39.9. The second-order valence-electron chi connectivity index (χ2n) is 17.3. The summed E-state index contributed by atoms with van der Waals surface area (Å²) in [7, 11) is 0. The number of esters is 2. The van der Waals surface area contributed by atoms with Crippen LogP contribution in [0.25, 0.3) is 0 Å². The van der Waals surface area contributed by atoms with Crippen LogP contribution in [-0.2, 0) is 38.0 Å². The molecular formula is C51H86O15. The van der Waals surface area contributed by atoms with Crippen LogP contribution in [0.3, 0.4) is 0 Å². The van der Waals surface area contributed by atoms with E-state index in [0.29, 0.717) is 19.3 Å². The lowest BCUT2D eigenvalue weighted by molar-refractivity contribution is -0.332. The van der Waals surface area contributed by atoms with Crippen molar-refractivity contribution in [2.45, 2.75) is 223 Å². The van der Waals surface area contributed by atoms with Crippen LogP contribution in [0.15, 0.2) is 60.8 Å². The molecule has 380 valence electrons. The second-order valence-corrected chi connectivity index (χ2v) is 17.3. The van der Waals surface area contributed by atoms with Crippen molar-refractivity contribution >= 4 is 11.9 Å². The molecule has 0 spiro atoms. The Morgan fingerprint density at radius 2 is 0.955 bits per heavy atom. The van der Waals surface area contributed by atoms with Crippen molar-refractivity contribution in [2.24, 2.45) is 0 Å². The Labute approximate surface area is 394 Å². The van der Waals surface area contributed by atoms with Crippen LogP contribution in [0.5, 0.6) is 0 Å². The molecule has 2 rings (SSSR count). The summed E-state index contributed by atoms with van der Waals surface area (Å²) in [6.07, 6.45) is 25.4. The number of hydrogen-bond acceptors (Lipinski definition) is 15. The van der Waals surface area contributed by atoms with Gasteiger partial charge in [-0.15, -0.1) is 0 Å². The first kappa shape index (κ1) is 59.3. The highest BCUT2D eigenvalue weighted by atomic mass is 16.7. The molecule has 0 bridgehead atoms. The molecule has 0 aromatic rings. The van der Waals surface area contributed by atoms with Crippen molar-refractivity contribution in [1.82, 2.24) is 0 Å². The van der Waals surface area contributed by atoms with Crippen LogP contribution in [0.4, 0.5) is 0 Å². The molecule has 15 heteroatoms. The van der Waals surface area contributed by atoms with Crippen molar-refractivity contribution < 1.29 is 73.8 Å². The number of carbonyl (C=O) groups excluding carboxylic acids is 2. The molecule has 15 nitrogen and oxygen atoms in total. The minimum absolute atomic E-state index is 0.138. The van der Waals surface area contributed by atoms with E-state index in [0.717, 1.165) is 51.4 Å². The summed E-state index contributed by atoms with van der Waals surface area (Å²) in [5.74, 6) is -0.995. The molecule has 0 aliphatic carbocycles. The number of hydrogen-bond donors (Lipinski definition) is 7. The maximum Gasteiger partial charge on any atom is 0.306 e. The number of aliphatic hydroxyl groups excluding tert-OH is 7. The average Bonchev–Trinajstić information content (AvgIpc) is 3.31. The molecule has 2 saturated heterocycles. The molecule has 0 radical (unpaired) electrons. The summed E-state index contributed by atoms with van der Waals surface area (Å²) >= 11 is 0. The summed E-state index contributed by atoms with van der Waals surface area (Å²) in [4.78, 5) is 25.7. The molecule has 0 saturated carbocycles. The van der Waals surface area contributed by atoms with E-state index in [4.69, 9.17) is 28.4 Å². The fraction of sp³-hybridized carbons (Fsp3) is 0.765. The normalized spacial score (nSPS) is 26.7. The van der Waals surface area contributed by atoms with Gasteiger partial charge in [-0.3, -0.25) is 9.59 Å². The maximum atomic E-state index is 13.0. The average molecular weight is 939 g/mol. The van der Waals surface area contributed by atoms with Crippen LogP contribution in [-0.4, -0.2) is 142 Å². The summed E-state index contributed by atoms with van der Waals surface area (Å²) in [5, 5.41) is 72.0. The first-order valence-electron chi connectivity index (χ1n) is 24.9. The largest absolute Gasteiger partial charge is 0.462 e. The number of rotatable bonds is 37. The number of carbonyl (C=O) groups is 2. The number of ether oxygens (including phenoxy) is 6. The van der Waals surface area contributed by atoms with Crippen LogP contribution in [0, 0.1) is 0 Å². The minimum atomic E-state index is -1.77. The van der Waals surface area contributed by atoms with E-state index in [1.165, 1.54) is 57.8 Å². The molecule has 11 atom stereocenters. The maximum absolute atomic E-state index is 13.0. The Bertz CT molecular complexity index is 1380. The van der Waals surface area contributed by atoms with E-state index in [9.17, 15) is 45.3 Å². The predicted octanol–water partition coefficient (Wildman–Crippen LogP) is 6.49. The van der Waals surface area contributed by atoms with Crippen LogP contribution in [0.2, 0.25) is 0 Å². The number of unbranched alkanes of at least 4 members (excludes halogenated alkanes) is 13. The lowest BCUT2D eigenvalue weighted by atomic mass is 9.98. The second kappa shape index (κ2) is 38.1. The minimum Gasteiger partial charge on any atom is -0.462 e. The predicted molar refractivity (Wildman–Crippen MR) is 252 cm³/mol.